The van der Waals surface area contributed by atoms with E-state index in [9.17, 15) is 4.79 Å². The van der Waals surface area contributed by atoms with Gasteiger partial charge in [-0.1, -0.05) is 29.8 Å². The first kappa shape index (κ1) is 23.2. The lowest BCUT2D eigenvalue weighted by Crippen LogP contribution is -2.25. The maximum Gasteiger partial charge on any atom is 0.245 e. The summed E-state index contributed by atoms with van der Waals surface area (Å²) in [7, 11) is 0. The molecule has 0 saturated carbocycles. The highest BCUT2D eigenvalue weighted by molar-refractivity contribution is 6.32. The molecule has 0 aliphatic carbocycles. The van der Waals surface area contributed by atoms with Crippen LogP contribution in [-0.2, 0) is 4.79 Å². The van der Waals surface area contributed by atoms with E-state index in [1.807, 2.05) is 49.4 Å². The van der Waals surface area contributed by atoms with Gasteiger partial charge in [-0.2, -0.15) is 0 Å². The molecule has 2 aromatic carbocycles. The summed E-state index contributed by atoms with van der Waals surface area (Å²) in [5.74, 6) is 1.33. The first-order chi connectivity index (χ1) is 16.5. The molecular weight excluding hydrogens is 454 g/mol. The number of benzene rings is 2. The minimum atomic E-state index is -0.531. The zero-order valence-corrected chi connectivity index (χ0v) is 19.1. The second-order valence-electron chi connectivity index (χ2n) is 7.37. The normalized spacial score (nSPS) is 11.0. The lowest BCUT2D eigenvalue weighted by Gasteiger charge is -2.12. The number of amides is 1. The van der Waals surface area contributed by atoms with Gasteiger partial charge in [-0.25, -0.2) is 9.97 Å². The highest BCUT2D eigenvalue weighted by atomic mass is 35.5. The number of carbonyl (C=O) groups is 1. The van der Waals surface area contributed by atoms with Crippen LogP contribution in [0.5, 0.6) is 11.5 Å². The van der Waals surface area contributed by atoms with Crippen molar-refractivity contribution in [1.29, 1.82) is 0 Å². The molecule has 0 aliphatic heterocycles. The summed E-state index contributed by atoms with van der Waals surface area (Å²) >= 11 is 6.45. The van der Waals surface area contributed by atoms with Crippen LogP contribution >= 0.6 is 11.6 Å². The van der Waals surface area contributed by atoms with Gasteiger partial charge in [-0.05, 0) is 55.0 Å². The van der Waals surface area contributed by atoms with Crippen LogP contribution in [0.25, 0.3) is 17.0 Å². The molecule has 0 bridgehead atoms. The van der Waals surface area contributed by atoms with Crippen molar-refractivity contribution in [3.05, 3.63) is 83.4 Å². The topological polar surface area (TPSA) is 109 Å². The molecule has 0 radical (unpaired) electrons. The standard InChI is InChI=1S/C25H22ClN5O3/c1-16-4-7-19(13-28-16)34-23-9-6-18(12-21(23)26)31-25-20-11-17(3-2-10-27-24(33)14-32)5-8-22(20)29-15-30-25/h2-9,11-13,15,32H,10,14H2,1H3,(H,27,33)(H,29,30,31)/b3-2+. The number of aliphatic hydroxyl groups is 1. The average molecular weight is 476 g/mol. The Morgan fingerprint density at radius 2 is 2.00 bits per heavy atom. The molecule has 9 heteroatoms. The number of hydrogen-bond donors (Lipinski definition) is 3. The molecule has 0 aliphatic rings. The molecule has 0 saturated heterocycles. The summed E-state index contributed by atoms with van der Waals surface area (Å²) in [6, 6.07) is 14.9. The number of rotatable bonds is 8. The Hall–Kier alpha value is -4.01. The number of halogens is 1. The number of aromatic nitrogens is 3. The predicted molar refractivity (Wildman–Crippen MR) is 132 cm³/mol. The van der Waals surface area contributed by atoms with E-state index in [-0.39, 0.29) is 0 Å². The number of hydrogen-bond acceptors (Lipinski definition) is 7. The number of ether oxygens (including phenoxy) is 1. The fourth-order valence-corrected chi connectivity index (χ4v) is 3.36. The number of pyridine rings is 1. The van der Waals surface area contributed by atoms with E-state index in [0.29, 0.717) is 28.9 Å². The van der Waals surface area contributed by atoms with Crippen molar-refractivity contribution in [1.82, 2.24) is 20.3 Å². The van der Waals surface area contributed by atoms with Crippen molar-refractivity contribution in [3.63, 3.8) is 0 Å². The summed E-state index contributed by atoms with van der Waals surface area (Å²) in [4.78, 5) is 24.1. The van der Waals surface area contributed by atoms with Crippen molar-refractivity contribution >= 4 is 46.0 Å². The monoisotopic (exact) mass is 475 g/mol. The van der Waals surface area contributed by atoms with E-state index in [4.69, 9.17) is 21.4 Å². The van der Waals surface area contributed by atoms with Crippen LogP contribution in [-0.4, -0.2) is 39.1 Å². The lowest BCUT2D eigenvalue weighted by molar-refractivity contribution is -0.123. The molecule has 4 rings (SSSR count). The first-order valence-electron chi connectivity index (χ1n) is 10.5. The maximum absolute atomic E-state index is 11.1. The zero-order chi connectivity index (χ0) is 23.9. The maximum atomic E-state index is 11.1. The average Bonchev–Trinajstić information content (AvgIpc) is 2.85. The molecule has 2 aromatic heterocycles. The van der Waals surface area contributed by atoms with E-state index < -0.39 is 12.5 Å². The highest BCUT2D eigenvalue weighted by Gasteiger charge is 2.09. The SMILES string of the molecule is Cc1ccc(Oc2ccc(Nc3ncnc4ccc(/C=C/CNC(=O)CO)cc34)cc2Cl)cn1. The van der Waals surface area contributed by atoms with Crippen LogP contribution in [0.15, 0.2) is 67.1 Å². The molecule has 0 spiro atoms. The number of fused-ring (bicyclic) bond motifs is 1. The Kier molecular flexibility index (Phi) is 7.31. The number of nitrogens with one attached hydrogen (secondary N) is 2. The van der Waals surface area contributed by atoms with Crippen LogP contribution < -0.4 is 15.4 Å². The van der Waals surface area contributed by atoms with Gasteiger partial charge in [0, 0.05) is 23.3 Å². The molecule has 0 unspecified atom stereocenters. The smallest absolute Gasteiger partial charge is 0.245 e. The molecular formula is C25H22ClN5O3. The first-order valence-corrected chi connectivity index (χ1v) is 10.9. The fourth-order valence-electron chi connectivity index (χ4n) is 3.14. The predicted octanol–water partition coefficient (Wildman–Crippen LogP) is 4.64. The van der Waals surface area contributed by atoms with Crippen LogP contribution in [0, 0.1) is 6.92 Å². The molecule has 34 heavy (non-hydrogen) atoms. The quantitative estimate of drug-likeness (QED) is 0.340. The Morgan fingerprint density at radius 1 is 1.12 bits per heavy atom. The largest absolute Gasteiger partial charge is 0.454 e. The number of aliphatic hydroxyl groups excluding tert-OH is 1. The Bertz CT molecular complexity index is 1340. The summed E-state index contributed by atoms with van der Waals surface area (Å²) in [5, 5.41) is 15.9. The summed E-state index contributed by atoms with van der Waals surface area (Å²) in [6.45, 7) is 1.70. The van der Waals surface area contributed by atoms with Crippen LogP contribution in [0.2, 0.25) is 5.02 Å². The van der Waals surface area contributed by atoms with Crippen molar-refractivity contribution < 1.29 is 14.6 Å². The van der Waals surface area contributed by atoms with Gasteiger partial charge in [-0.15, -0.1) is 0 Å². The Morgan fingerprint density at radius 3 is 2.76 bits per heavy atom. The van der Waals surface area contributed by atoms with Gasteiger partial charge in [0.15, 0.2) is 0 Å². The van der Waals surface area contributed by atoms with Crippen LogP contribution in [0.1, 0.15) is 11.3 Å². The second-order valence-corrected chi connectivity index (χ2v) is 7.78. The Balaban J connectivity index is 1.51. The molecule has 3 N–H and O–H groups in total. The molecule has 4 aromatic rings. The number of carbonyl (C=O) groups excluding carboxylic acids is 1. The molecule has 8 nitrogen and oxygen atoms in total. The highest BCUT2D eigenvalue weighted by Crippen LogP contribution is 2.33. The van der Waals surface area contributed by atoms with Gasteiger partial charge in [0.1, 0.15) is 30.3 Å². The van der Waals surface area contributed by atoms with Crippen molar-refractivity contribution in [2.75, 3.05) is 18.5 Å². The minimum Gasteiger partial charge on any atom is -0.454 e. The van der Waals surface area contributed by atoms with Crippen LogP contribution in [0.3, 0.4) is 0 Å². The summed E-state index contributed by atoms with van der Waals surface area (Å²) < 4.78 is 5.83. The van der Waals surface area contributed by atoms with E-state index in [0.717, 1.165) is 27.8 Å². The van der Waals surface area contributed by atoms with E-state index >= 15 is 0 Å². The molecule has 0 fully saturated rings. The van der Waals surface area contributed by atoms with Crippen LogP contribution in [0.4, 0.5) is 11.5 Å². The van der Waals surface area contributed by atoms with Gasteiger partial charge in [0.25, 0.3) is 0 Å². The number of anilines is 2. The van der Waals surface area contributed by atoms with Gasteiger partial charge < -0.3 is 20.5 Å². The van der Waals surface area contributed by atoms with E-state index in [1.54, 1.807) is 24.4 Å². The summed E-state index contributed by atoms with van der Waals surface area (Å²) in [6.07, 6.45) is 6.82. The third-order valence-corrected chi connectivity index (χ3v) is 5.13. The lowest BCUT2D eigenvalue weighted by atomic mass is 10.1. The third-order valence-electron chi connectivity index (χ3n) is 4.84. The molecule has 1 amide bonds. The van der Waals surface area contributed by atoms with E-state index in [2.05, 4.69) is 25.6 Å². The molecule has 2 heterocycles. The molecule has 0 atom stereocenters. The second kappa shape index (κ2) is 10.7. The third kappa shape index (κ3) is 5.86. The fraction of sp³-hybridized carbons (Fsp3) is 0.120. The van der Waals surface area contributed by atoms with Crippen molar-refractivity contribution in [2.24, 2.45) is 0 Å². The van der Waals surface area contributed by atoms with Gasteiger partial charge in [-0.3, -0.25) is 9.78 Å². The minimum absolute atomic E-state index is 0.319. The van der Waals surface area contributed by atoms with Gasteiger partial charge in [0.2, 0.25) is 5.91 Å². The Labute approximate surface area is 201 Å². The van der Waals surface area contributed by atoms with E-state index in [1.165, 1.54) is 6.33 Å². The molecule has 172 valence electrons. The van der Waals surface area contributed by atoms with Gasteiger partial charge >= 0.3 is 0 Å². The van der Waals surface area contributed by atoms with Crippen molar-refractivity contribution in [2.45, 2.75) is 6.92 Å². The number of aryl methyl sites for hydroxylation is 1. The zero-order valence-electron chi connectivity index (χ0n) is 18.3. The summed E-state index contributed by atoms with van der Waals surface area (Å²) in [5.41, 5.74) is 3.34. The van der Waals surface area contributed by atoms with Gasteiger partial charge in [0.05, 0.1) is 16.7 Å². The van der Waals surface area contributed by atoms with Crippen molar-refractivity contribution in [3.8, 4) is 11.5 Å². The number of nitrogens with zero attached hydrogens (tertiary/aromatic N) is 3.